The number of alkyl halides is 6. The van der Waals surface area contributed by atoms with Gasteiger partial charge in [-0.2, -0.15) is 26.3 Å². The molecule has 0 aromatic heterocycles. The van der Waals surface area contributed by atoms with E-state index in [2.05, 4.69) is 4.72 Å². The van der Waals surface area contributed by atoms with Gasteiger partial charge < -0.3 is 9.64 Å². The average Bonchev–Trinajstić information content (AvgIpc) is 2.91. The van der Waals surface area contributed by atoms with Crippen molar-refractivity contribution >= 4 is 39.5 Å². The van der Waals surface area contributed by atoms with E-state index in [1.54, 1.807) is 30.3 Å². The Bertz CT molecular complexity index is 1550. The molecule has 3 aromatic rings. The van der Waals surface area contributed by atoms with Crippen molar-refractivity contribution in [2.75, 3.05) is 31.0 Å². The molecule has 1 aliphatic rings. The molecule has 1 heterocycles. The number of nitrogens with one attached hydrogen (secondary N) is 1. The summed E-state index contributed by atoms with van der Waals surface area (Å²) in [5.41, 5.74) is -4.11. The summed E-state index contributed by atoms with van der Waals surface area (Å²) in [4.78, 5) is 13.0. The number of anilines is 1. The average molecular weight is 631 g/mol. The largest absolute Gasteiger partial charge is 0.418 e. The number of rotatable bonds is 8. The van der Waals surface area contributed by atoms with Gasteiger partial charge in [-0.1, -0.05) is 54.2 Å². The van der Waals surface area contributed by atoms with Crippen molar-refractivity contribution in [1.82, 2.24) is 4.90 Å². The molecule has 0 unspecified atom stereocenters. The fraction of sp³-hybridized carbons (Fsp3) is 0.250. The van der Waals surface area contributed by atoms with E-state index < -0.39 is 49.9 Å². The summed E-state index contributed by atoms with van der Waals surface area (Å²) in [6.45, 7) is 0.903. The summed E-state index contributed by atoms with van der Waals surface area (Å²) in [7, 11) is -3.90. The molecule has 1 amide bonds. The lowest BCUT2D eigenvalue weighted by molar-refractivity contribution is -0.163. The predicted octanol–water partition coefficient (Wildman–Crippen LogP) is 6.69. The third-order valence-electron chi connectivity index (χ3n) is 6.03. The Morgan fingerprint density at radius 2 is 1.57 bits per heavy atom. The topological polar surface area (TPSA) is 75.7 Å². The lowest BCUT2D eigenvalue weighted by atomic mass is 9.99. The van der Waals surface area contributed by atoms with Crippen LogP contribution in [0.1, 0.15) is 22.3 Å². The minimum atomic E-state index is -5.40. The van der Waals surface area contributed by atoms with Crippen molar-refractivity contribution in [2.24, 2.45) is 0 Å². The van der Waals surface area contributed by atoms with Gasteiger partial charge in [-0.3, -0.25) is 9.52 Å². The van der Waals surface area contributed by atoms with E-state index in [1.807, 2.05) is 0 Å². The first-order valence-electron chi connectivity index (χ1n) is 12.4. The number of benzene rings is 3. The molecule has 1 saturated heterocycles. The number of morpholine rings is 1. The Hall–Kier alpha value is -3.49. The zero-order chi connectivity index (χ0) is 30.5. The number of nitrogens with zero attached hydrogens (tertiary/aromatic N) is 1. The molecule has 0 spiro atoms. The molecule has 0 saturated carbocycles. The molecule has 1 aliphatic heterocycles. The van der Waals surface area contributed by atoms with Gasteiger partial charge >= 0.3 is 12.4 Å². The molecule has 1 N–H and O–H groups in total. The lowest BCUT2D eigenvalue weighted by Crippen LogP contribution is -2.39. The van der Waals surface area contributed by atoms with Crippen molar-refractivity contribution in [3.8, 4) is 0 Å². The first-order chi connectivity index (χ1) is 19.7. The molecule has 0 aliphatic carbocycles. The smallest absolute Gasteiger partial charge is 0.378 e. The van der Waals surface area contributed by atoms with Crippen LogP contribution in [-0.4, -0.2) is 45.5 Å². The number of hydrogen-bond acceptors (Lipinski definition) is 5. The van der Waals surface area contributed by atoms with Gasteiger partial charge in [0.1, 0.15) is 0 Å². The third kappa shape index (κ3) is 8.29. The van der Waals surface area contributed by atoms with Crippen LogP contribution in [0.5, 0.6) is 0 Å². The summed E-state index contributed by atoms with van der Waals surface area (Å²) < 4.78 is 118. The van der Waals surface area contributed by atoms with Crippen LogP contribution in [0.4, 0.5) is 32.0 Å². The Morgan fingerprint density at radius 3 is 2.21 bits per heavy atom. The number of sulfonamides is 1. The Kier molecular flexibility index (Phi) is 9.58. The van der Waals surface area contributed by atoms with Crippen LogP contribution < -0.4 is 4.72 Å². The zero-order valence-corrected chi connectivity index (χ0v) is 23.3. The Balaban J connectivity index is 1.65. The SMILES string of the molecule is O=C(/C=C/c1ccc(Sc2cccc(NS(=O)(=O)Cc3ccccc3)c2)c(C(F)(F)F)c1C(F)(F)F)N1CCOCC1. The summed E-state index contributed by atoms with van der Waals surface area (Å²) in [6.07, 6.45) is -9.27. The van der Waals surface area contributed by atoms with Gasteiger partial charge in [-0.25, -0.2) is 8.42 Å². The van der Waals surface area contributed by atoms with Crippen molar-refractivity contribution < 1.29 is 44.3 Å². The quantitative estimate of drug-likeness (QED) is 0.222. The zero-order valence-electron chi connectivity index (χ0n) is 21.7. The van der Waals surface area contributed by atoms with Crippen LogP contribution >= 0.6 is 11.8 Å². The molecule has 3 aromatic carbocycles. The second kappa shape index (κ2) is 12.8. The minimum absolute atomic E-state index is 0.0294. The first-order valence-corrected chi connectivity index (χ1v) is 14.9. The van der Waals surface area contributed by atoms with Crippen molar-refractivity contribution in [3.05, 3.63) is 95.1 Å². The van der Waals surface area contributed by atoms with Crippen LogP contribution in [0.25, 0.3) is 6.08 Å². The summed E-state index contributed by atoms with van der Waals surface area (Å²) in [6, 6.07) is 15.4. The molecule has 1 fully saturated rings. The fourth-order valence-electron chi connectivity index (χ4n) is 4.22. The molecule has 14 heteroatoms. The van der Waals surface area contributed by atoms with Crippen molar-refractivity contribution in [3.63, 3.8) is 0 Å². The predicted molar refractivity (Wildman–Crippen MR) is 146 cm³/mol. The van der Waals surface area contributed by atoms with Crippen LogP contribution in [0.2, 0.25) is 0 Å². The van der Waals surface area contributed by atoms with E-state index in [4.69, 9.17) is 4.74 Å². The summed E-state index contributed by atoms with van der Waals surface area (Å²) in [5, 5.41) is 0. The van der Waals surface area contributed by atoms with Gasteiger partial charge in [0.2, 0.25) is 15.9 Å². The maximum atomic E-state index is 14.2. The molecule has 42 heavy (non-hydrogen) atoms. The van der Waals surface area contributed by atoms with E-state index in [0.29, 0.717) is 17.3 Å². The van der Waals surface area contributed by atoms with E-state index in [0.717, 1.165) is 24.3 Å². The van der Waals surface area contributed by atoms with E-state index >= 15 is 0 Å². The second-order valence-corrected chi connectivity index (χ2v) is 12.0. The second-order valence-electron chi connectivity index (χ2n) is 9.15. The standard InChI is InChI=1S/C28H24F6N2O4S2/c29-27(30,31)25-20(10-12-24(37)36-13-15-40-16-14-36)9-11-23(26(25)28(32,33)34)41-22-8-4-7-21(17-22)35-42(38,39)18-19-5-2-1-3-6-19/h1-12,17,35H,13-16,18H2/b12-10+. The molecule has 4 rings (SSSR count). The lowest BCUT2D eigenvalue weighted by Gasteiger charge is -2.25. The van der Waals surface area contributed by atoms with E-state index in [1.165, 1.54) is 29.2 Å². The normalized spacial score (nSPS) is 14.8. The van der Waals surface area contributed by atoms with E-state index in [9.17, 15) is 39.6 Å². The third-order valence-corrected chi connectivity index (χ3v) is 8.34. The molecule has 0 bridgehead atoms. The number of carbonyl (C=O) groups is 1. The van der Waals surface area contributed by atoms with Gasteiger partial charge in [-0.15, -0.1) is 0 Å². The Labute approximate surface area is 242 Å². The number of halogens is 6. The van der Waals surface area contributed by atoms with Gasteiger partial charge in [-0.05, 0) is 41.5 Å². The van der Waals surface area contributed by atoms with Crippen LogP contribution in [0, 0.1) is 0 Å². The monoisotopic (exact) mass is 630 g/mol. The maximum absolute atomic E-state index is 14.2. The number of carbonyl (C=O) groups excluding carboxylic acids is 1. The van der Waals surface area contributed by atoms with Crippen LogP contribution in [0.3, 0.4) is 0 Å². The van der Waals surface area contributed by atoms with Crippen molar-refractivity contribution in [2.45, 2.75) is 27.9 Å². The van der Waals surface area contributed by atoms with Crippen molar-refractivity contribution in [1.29, 1.82) is 0 Å². The van der Waals surface area contributed by atoms with Gasteiger partial charge in [0, 0.05) is 34.6 Å². The highest BCUT2D eigenvalue weighted by atomic mass is 32.2. The number of amides is 1. The molecular weight excluding hydrogens is 606 g/mol. The highest BCUT2D eigenvalue weighted by molar-refractivity contribution is 7.99. The first kappa shape index (κ1) is 31.4. The number of hydrogen-bond donors (Lipinski definition) is 1. The molecule has 224 valence electrons. The van der Waals surface area contributed by atoms with Gasteiger partial charge in [0.25, 0.3) is 0 Å². The van der Waals surface area contributed by atoms with E-state index in [-0.39, 0.29) is 42.6 Å². The highest BCUT2D eigenvalue weighted by Crippen LogP contribution is 2.48. The summed E-state index contributed by atoms with van der Waals surface area (Å²) >= 11 is 0.403. The molecular formula is C28H24F6N2O4S2. The minimum Gasteiger partial charge on any atom is -0.378 e. The number of ether oxygens (including phenoxy) is 1. The molecule has 0 atom stereocenters. The summed E-state index contributed by atoms with van der Waals surface area (Å²) in [5.74, 6) is -1.01. The highest BCUT2D eigenvalue weighted by Gasteiger charge is 2.46. The van der Waals surface area contributed by atoms with Crippen LogP contribution in [0.15, 0.2) is 82.6 Å². The maximum Gasteiger partial charge on any atom is 0.418 e. The van der Waals surface area contributed by atoms with Gasteiger partial charge in [0.05, 0.1) is 30.1 Å². The fourth-order valence-corrected chi connectivity index (χ4v) is 6.45. The molecule has 0 radical (unpaired) electrons. The van der Waals surface area contributed by atoms with Gasteiger partial charge in [0.15, 0.2) is 0 Å². The molecule has 6 nitrogen and oxygen atoms in total. The Morgan fingerprint density at radius 1 is 0.905 bits per heavy atom. The van der Waals surface area contributed by atoms with Crippen LogP contribution in [-0.2, 0) is 37.7 Å².